The van der Waals surface area contributed by atoms with Crippen LogP contribution in [-0.2, 0) is 10.0 Å². The fourth-order valence-corrected chi connectivity index (χ4v) is 3.97. The third kappa shape index (κ3) is 4.04. The molecule has 1 aromatic carbocycles. The van der Waals surface area contributed by atoms with Gasteiger partial charge in [-0.2, -0.15) is 4.31 Å². The molecule has 0 aromatic heterocycles. The Kier molecular flexibility index (Phi) is 6.36. The first-order chi connectivity index (χ1) is 9.62. The van der Waals surface area contributed by atoms with E-state index in [0.717, 1.165) is 10.4 Å². The summed E-state index contributed by atoms with van der Waals surface area (Å²) in [5.41, 5.74) is 5.50. The molecule has 0 radical (unpaired) electrons. The van der Waals surface area contributed by atoms with Crippen LogP contribution in [0.4, 0.5) is 4.39 Å². The Balaban J connectivity index is 3.26. The van der Waals surface area contributed by atoms with Crippen molar-refractivity contribution in [3.63, 3.8) is 0 Å². The first-order valence-corrected chi connectivity index (χ1v) is 8.66. The Morgan fingerprint density at radius 3 is 2.52 bits per heavy atom. The lowest BCUT2D eigenvalue weighted by Gasteiger charge is -2.24. The highest BCUT2D eigenvalue weighted by molar-refractivity contribution is 7.89. The van der Waals surface area contributed by atoms with Gasteiger partial charge < -0.3 is 5.73 Å². The van der Waals surface area contributed by atoms with Crippen molar-refractivity contribution in [3.05, 3.63) is 28.0 Å². The number of nitrogens with two attached hydrogens (primary N) is 1. The molecule has 1 unspecified atom stereocenters. The number of hydrogen-bond donors (Lipinski definition) is 1. The van der Waals surface area contributed by atoms with Gasteiger partial charge in [-0.05, 0) is 12.1 Å². The van der Waals surface area contributed by atoms with Crippen molar-refractivity contribution < 1.29 is 12.8 Å². The molecular weight excluding hydrogens is 358 g/mol. The summed E-state index contributed by atoms with van der Waals surface area (Å²) in [6.07, 6.45) is 0. The smallest absolute Gasteiger partial charge is 0.244 e. The molecule has 2 N–H and O–H groups in total. The van der Waals surface area contributed by atoms with E-state index in [1.54, 1.807) is 13.8 Å². The van der Waals surface area contributed by atoms with Gasteiger partial charge in [-0.3, -0.25) is 0 Å². The van der Waals surface area contributed by atoms with E-state index < -0.39 is 20.9 Å². The van der Waals surface area contributed by atoms with E-state index in [1.807, 2.05) is 0 Å². The topological polar surface area (TPSA) is 63.4 Å². The van der Waals surface area contributed by atoms with Crippen LogP contribution >= 0.6 is 35.4 Å². The molecule has 21 heavy (non-hydrogen) atoms. The summed E-state index contributed by atoms with van der Waals surface area (Å²) < 4.78 is 39.9. The van der Waals surface area contributed by atoms with Crippen LogP contribution in [0.15, 0.2) is 17.0 Å². The zero-order chi connectivity index (χ0) is 16.4. The van der Waals surface area contributed by atoms with Crippen molar-refractivity contribution >= 4 is 50.4 Å². The van der Waals surface area contributed by atoms with Crippen LogP contribution < -0.4 is 5.73 Å². The van der Waals surface area contributed by atoms with Gasteiger partial charge in [-0.15, -0.1) is 0 Å². The lowest BCUT2D eigenvalue weighted by atomic mass is 10.2. The Hall–Kier alpha value is -0.470. The quantitative estimate of drug-likeness (QED) is 0.615. The molecule has 0 aliphatic rings. The minimum atomic E-state index is -3.96. The molecule has 0 saturated heterocycles. The van der Waals surface area contributed by atoms with Crippen LogP contribution in [0, 0.1) is 11.7 Å². The molecular formula is C12H15Cl2FN2O2S2. The van der Waals surface area contributed by atoms with E-state index in [1.165, 1.54) is 6.07 Å². The fourth-order valence-electron chi connectivity index (χ4n) is 1.64. The molecule has 1 atom stereocenters. The maximum Gasteiger partial charge on any atom is 0.244 e. The fraction of sp³-hybridized carbons (Fsp3) is 0.417. The van der Waals surface area contributed by atoms with Gasteiger partial charge in [0.25, 0.3) is 0 Å². The van der Waals surface area contributed by atoms with Crippen molar-refractivity contribution in [2.75, 3.05) is 13.1 Å². The van der Waals surface area contributed by atoms with E-state index in [0.29, 0.717) is 0 Å². The average Bonchev–Trinajstić information content (AvgIpc) is 2.41. The number of benzene rings is 1. The first-order valence-electron chi connectivity index (χ1n) is 6.05. The summed E-state index contributed by atoms with van der Waals surface area (Å²) in [5.74, 6) is -1.27. The molecule has 0 heterocycles. The zero-order valence-corrected chi connectivity index (χ0v) is 14.6. The van der Waals surface area contributed by atoms with Crippen molar-refractivity contribution in [3.8, 4) is 0 Å². The average molecular weight is 373 g/mol. The highest BCUT2D eigenvalue weighted by atomic mass is 35.5. The molecule has 1 aromatic rings. The molecule has 0 saturated carbocycles. The van der Waals surface area contributed by atoms with E-state index in [-0.39, 0.29) is 33.9 Å². The maximum atomic E-state index is 13.7. The van der Waals surface area contributed by atoms with E-state index in [9.17, 15) is 12.8 Å². The van der Waals surface area contributed by atoms with Crippen molar-refractivity contribution in [2.45, 2.75) is 18.7 Å². The Morgan fingerprint density at radius 1 is 1.48 bits per heavy atom. The lowest BCUT2D eigenvalue weighted by molar-refractivity contribution is 0.405. The van der Waals surface area contributed by atoms with Gasteiger partial charge >= 0.3 is 0 Å². The van der Waals surface area contributed by atoms with Crippen molar-refractivity contribution in [2.24, 2.45) is 11.7 Å². The van der Waals surface area contributed by atoms with E-state index >= 15 is 0 Å². The highest BCUT2D eigenvalue weighted by Gasteiger charge is 2.29. The van der Waals surface area contributed by atoms with Gasteiger partial charge in [0.05, 0.1) is 15.0 Å². The monoisotopic (exact) mass is 372 g/mol. The van der Waals surface area contributed by atoms with Gasteiger partial charge in [0, 0.05) is 19.0 Å². The standard InChI is InChI=1S/C12H15Cl2FN2O2S2/c1-3-17(6-7(2)12(16)20)21(18,19)9-5-4-8(13)11(15)10(9)14/h4-5,7H,3,6H2,1-2H3,(H2,16,20). The number of halogens is 3. The number of thiocarbonyl (C=S) groups is 1. The second kappa shape index (κ2) is 7.19. The minimum Gasteiger partial charge on any atom is -0.393 e. The molecule has 0 fully saturated rings. The second-order valence-electron chi connectivity index (χ2n) is 4.43. The summed E-state index contributed by atoms with van der Waals surface area (Å²) in [7, 11) is -3.96. The van der Waals surface area contributed by atoms with Crippen molar-refractivity contribution in [1.29, 1.82) is 0 Å². The van der Waals surface area contributed by atoms with E-state index in [4.69, 9.17) is 41.2 Å². The third-order valence-electron chi connectivity index (χ3n) is 2.93. The Labute approximate surface area is 139 Å². The molecule has 9 heteroatoms. The number of sulfonamides is 1. The maximum absolute atomic E-state index is 13.7. The second-order valence-corrected chi connectivity index (χ2v) is 7.60. The van der Waals surface area contributed by atoms with Crippen LogP contribution in [-0.4, -0.2) is 30.8 Å². The van der Waals surface area contributed by atoms with Crippen LogP contribution in [0.5, 0.6) is 0 Å². The number of rotatable bonds is 6. The van der Waals surface area contributed by atoms with Gasteiger partial charge in [0.15, 0.2) is 5.82 Å². The SMILES string of the molecule is CCN(CC(C)C(N)=S)S(=O)(=O)c1ccc(Cl)c(F)c1Cl. The van der Waals surface area contributed by atoms with Gasteiger partial charge in [0.2, 0.25) is 10.0 Å². The molecule has 1 rings (SSSR count). The number of hydrogen-bond acceptors (Lipinski definition) is 3. The van der Waals surface area contributed by atoms with Crippen LogP contribution in [0.1, 0.15) is 13.8 Å². The van der Waals surface area contributed by atoms with Crippen LogP contribution in [0.2, 0.25) is 10.0 Å². The molecule has 0 spiro atoms. The first kappa shape index (κ1) is 18.6. The molecule has 118 valence electrons. The summed E-state index contributed by atoms with van der Waals surface area (Å²) in [6.45, 7) is 3.64. The van der Waals surface area contributed by atoms with E-state index in [2.05, 4.69) is 0 Å². The predicted octanol–water partition coefficient (Wildman–Crippen LogP) is 3.07. The van der Waals surface area contributed by atoms with Gasteiger partial charge in [-0.25, -0.2) is 12.8 Å². The van der Waals surface area contributed by atoms with Crippen LogP contribution in [0.25, 0.3) is 0 Å². The summed E-state index contributed by atoms with van der Waals surface area (Å²) in [6, 6.07) is 2.33. The Bertz CT molecular complexity index is 653. The van der Waals surface area contributed by atoms with Crippen LogP contribution in [0.3, 0.4) is 0 Å². The summed E-state index contributed by atoms with van der Waals surface area (Å²) in [4.78, 5) is -0.125. The molecule has 0 aliphatic carbocycles. The molecule has 0 amide bonds. The van der Waals surface area contributed by atoms with Gasteiger partial charge in [0.1, 0.15) is 4.90 Å². The predicted molar refractivity (Wildman–Crippen MR) is 86.8 cm³/mol. The lowest BCUT2D eigenvalue weighted by Crippen LogP contribution is -2.38. The molecule has 0 bridgehead atoms. The van der Waals surface area contributed by atoms with Crippen molar-refractivity contribution in [1.82, 2.24) is 4.31 Å². The third-order valence-corrected chi connectivity index (χ3v) is 6.09. The summed E-state index contributed by atoms with van der Waals surface area (Å²) in [5, 5.41) is -0.762. The zero-order valence-electron chi connectivity index (χ0n) is 11.4. The Morgan fingerprint density at radius 2 is 2.05 bits per heavy atom. The van der Waals surface area contributed by atoms with Gasteiger partial charge in [-0.1, -0.05) is 49.3 Å². The highest BCUT2D eigenvalue weighted by Crippen LogP contribution is 2.31. The molecule has 0 aliphatic heterocycles. The summed E-state index contributed by atoms with van der Waals surface area (Å²) >= 11 is 16.2. The normalized spacial score (nSPS) is 13.4. The number of nitrogens with zero attached hydrogens (tertiary/aromatic N) is 1. The largest absolute Gasteiger partial charge is 0.393 e. The minimum absolute atomic E-state index is 0.0920. The molecule has 4 nitrogen and oxygen atoms in total.